The van der Waals surface area contributed by atoms with E-state index >= 15 is 0 Å². The van der Waals surface area contributed by atoms with Crippen molar-refractivity contribution in [3.63, 3.8) is 0 Å². The Morgan fingerprint density at radius 2 is 2.17 bits per heavy atom. The molecule has 0 aromatic carbocycles. The smallest absolute Gasteiger partial charge is 0.157 e. The van der Waals surface area contributed by atoms with Crippen molar-refractivity contribution in [2.75, 3.05) is 13.2 Å². The number of hydrogen-bond acceptors (Lipinski definition) is 2. The molecule has 104 valence electrons. The van der Waals surface area contributed by atoms with E-state index in [9.17, 15) is 0 Å². The molecule has 0 spiro atoms. The molecule has 0 N–H and O–H groups in total. The van der Waals surface area contributed by atoms with Gasteiger partial charge in [-0.15, -0.1) is 6.58 Å². The minimum absolute atomic E-state index is 0.0615. The maximum atomic E-state index is 5.71. The fourth-order valence-electron chi connectivity index (χ4n) is 2.08. The van der Waals surface area contributed by atoms with Crippen LogP contribution in [0.25, 0.3) is 0 Å². The van der Waals surface area contributed by atoms with Gasteiger partial charge in [-0.25, -0.2) is 0 Å². The average molecular weight is 252 g/mol. The van der Waals surface area contributed by atoms with E-state index in [0.29, 0.717) is 0 Å². The van der Waals surface area contributed by atoms with Crippen molar-refractivity contribution in [2.24, 2.45) is 0 Å². The molecule has 1 fully saturated rings. The fraction of sp³-hybridized carbons (Fsp3) is 0.750. The Labute approximate surface area is 112 Å². The molecule has 1 unspecified atom stereocenters. The second-order valence-corrected chi connectivity index (χ2v) is 5.32. The molecule has 0 aliphatic carbocycles. The summed E-state index contributed by atoms with van der Waals surface area (Å²) < 4.78 is 11.2. The number of ether oxygens (including phenoxy) is 2. The molecular weight excluding hydrogens is 224 g/mol. The number of allylic oxidation sites excluding steroid dienone is 3. The maximum Gasteiger partial charge on any atom is 0.157 e. The van der Waals surface area contributed by atoms with Gasteiger partial charge >= 0.3 is 0 Å². The highest BCUT2D eigenvalue weighted by molar-refractivity contribution is 5.00. The predicted molar refractivity (Wildman–Crippen MR) is 76.6 cm³/mol. The molecule has 1 rings (SSSR count). The molecule has 2 nitrogen and oxygen atoms in total. The summed E-state index contributed by atoms with van der Waals surface area (Å²) in [6, 6.07) is 0. The van der Waals surface area contributed by atoms with Gasteiger partial charge in [0.05, 0.1) is 6.61 Å². The molecule has 1 atom stereocenters. The van der Waals surface area contributed by atoms with E-state index in [4.69, 9.17) is 9.47 Å². The Kier molecular flexibility index (Phi) is 8.03. The maximum absolute atomic E-state index is 5.71. The Hall–Kier alpha value is -0.600. The van der Waals surface area contributed by atoms with Crippen LogP contribution in [0, 0.1) is 0 Å². The van der Waals surface area contributed by atoms with Crippen LogP contribution in [-0.4, -0.2) is 19.5 Å². The van der Waals surface area contributed by atoms with E-state index in [1.807, 2.05) is 0 Å². The first kappa shape index (κ1) is 15.5. The van der Waals surface area contributed by atoms with E-state index in [0.717, 1.165) is 45.3 Å². The third-order valence-electron chi connectivity index (χ3n) is 3.22. The van der Waals surface area contributed by atoms with Crippen LogP contribution in [-0.2, 0) is 9.47 Å². The first-order chi connectivity index (χ1) is 8.68. The Morgan fingerprint density at radius 3 is 2.83 bits per heavy atom. The molecule has 1 aliphatic heterocycles. The normalized spacial score (nSPS) is 21.0. The summed E-state index contributed by atoms with van der Waals surface area (Å²) in [5.41, 5.74) is 2.72. The second-order valence-electron chi connectivity index (χ2n) is 5.32. The molecule has 2 heteroatoms. The van der Waals surface area contributed by atoms with E-state index in [2.05, 4.69) is 26.5 Å². The summed E-state index contributed by atoms with van der Waals surface area (Å²) in [5.74, 6) is 0. The van der Waals surface area contributed by atoms with Crippen LogP contribution >= 0.6 is 0 Å². The minimum Gasteiger partial charge on any atom is -0.353 e. The first-order valence-electron chi connectivity index (χ1n) is 7.21. The SMILES string of the molecule is C=C(C)CCC=C(C)CCCOC1CCCCO1. The fourth-order valence-corrected chi connectivity index (χ4v) is 2.08. The van der Waals surface area contributed by atoms with Crippen molar-refractivity contribution in [1.82, 2.24) is 0 Å². The van der Waals surface area contributed by atoms with Crippen LogP contribution in [0.1, 0.15) is 58.8 Å². The van der Waals surface area contributed by atoms with Crippen LogP contribution in [0.4, 0.5) is 0 Å². The zero-order valence-corrected chi connectivity index (χ0v) is 12.0. The van der Waals surface area contributed by atoms with Gasteiger partial charge in [0.25, 0.3) is 0 Å². The van der Waals surface area contributed by atoms with Crippen molar-refractivity contribution in [3.05, 3.63) is 23.8 Å². The van der Waals surface area contributed by atoms with Crippen LogP contribution < -0.4 is 0 Å². The van der Waals surface area contributed by atoms with Gasteiger partial charge < -0.3 is 9.47 Å². The highest BCUT2D eigenvalue weighted by Crippen LogP contribution is 2.15. The molecule has 1 saturated heterocycles. The molecular formula is C16H28O2. The molecule has 0 aromatic rings. The van der Waals surface area contributed by atoms with Gasteiger partial charge in [0, 0.05) is 6.61 Å². The van der Waals surface area contributed by atoms with Crippen molar-refractivity contribution >= 4 is 0 Å². The summed E-state index contributed by atoms with van der Waals surface area (Å²) in [6.07, 6.45) is 10.3. The molecule has 0 bridgehead atoms. The van der Waals surface area contributed by atoms with Gasteiger partial charge in [-0.05, 0) is 58.8 Å². The molecule has 0 radical (unpaired) electrons. The van der Waals surface area contributed by atoms with Crippen molar-refractivity contribution in [2.45, 2.75) is 65.1 Å². The lowest BCUT2D eigenvalue weighted by atomic mass is 10.1. The molecule has 1 heterocycles. The largest absolute Gasteiger partial charge is 0.353 e. The monoisotopic (exact) mass is 252 g/mol. The lowest BCUT2D eigenvalue weighted by Crippen LogP contribution is -2.22. The molecule has 1 aliphatic rings. The van der Waals surface area contributed by atoms with Gasteiger partial charge in [-0.1, -0.05) is 17.2 Å². The summed E-state index contributed by atoms with van der Waals surface area (Å²) in [5, 5.41) is 0. The van der Waals surface area contributed by atoms with E-state index < -0.39 is 0 Å². The summed E-state index contributed by atoms with van der Waals surface area (Å²) >= 11 is 0. The van der Waals surface area contributed by atoms with E-state index in [-0.39, 0.29) is 6.29 Å². The van der Waals surface area contributed by atoms with Crippen LogP contribution in [0.15, 0.2) is 23.8 Å². The van der Waals surface area contributed by atoms with E-state index in [1.165, 1.54) is 24.0 Å². The zero-order chi connectivity index (χ0) is 13.2. The molecule has 0 amide bonds. The van der Waals surface area contributed by atoms with Gasteiger partial charge in [0.1, 0.15) is 0 Å². The topological polar surface area (TPSA) is 18.5 Å². The molecule has 0 saturated carbocycles. The van der Waals surface area contributed by atoms with Gasteiger partial charge in [-0.2, -0.15) is 0 Å². The molecule has 18 heavy (non-hydrogen) atoms. The van der Waals surface area contributed by atoms with Crippen molar-refractivity contribution < 1.29 is 9.47 Å². The Morgan fingerprint density at radius 1 is 1.33 bits per heavy atom. The first-order valence-corrected chi connectivity index (χ1v) is 7.21. The lowest BCUT2D eigenvalue weighted by molar-refractivity contribution is -0.162. The zero-order valence-electron chi connectivity index (χ0n) is 12.0. The van der Waals surface area contributed by atoms with Crippen molar-refractivity contribution in [1.29, 1.82) is 0 Å². The van der Waals surface area contributed by atoms with Crippen LogP contribution in [0.5, 0.6) is 0 Å². The molecule has 0 aromatic heterocycles. The van der Waals surface area contributed by atoms with Gasteiger partial charge in [0.15, 0.2) is 6.29 Å². The number of rotatable bonds is 8. The second kappa shape index (κ2) is 9.35. The average Bonchev–Trinajstić information content (AvgIpc) is 2.35. The predicted octanol–water partition coefficient (Wildman–Crippen LogP) is 4.61. The van der Waals surface area contributed by atoms with Gasteiger partial charge in [-0.3, -0.25) is 0 Å². The highest BCUT2D eigenvalue weighted by atomic mass is 16.7. The minimum atomic E-state index is 0.0615. The summed E-state index contributed by atoms with van der Waals surface area (Å²) in [6.45, 7) is 9.89. The van der Waals surface area contributed by atoms with Crippen molar-refractivity contribution in [3.8, 4) is 0 Å². The van der Waals surface area contributed by atoms with E-state index in [1.54, 1.807) is 0 Å². The highest BCUT2D eigenvalue weighted by Gasteiger charge is 2.13. The number of hydrogen-bond donors (Lipinski definition) is 0. The Bertz CT molecular complexity index is 262. The summed E-state index contributed by atoms with van der Waals surface area (Å²) in [4.78, 5) is 0. The van der Waals surface area contributed by atoms with Gasteiger partial charge in [0.2, 0.25) is 0 Å². The Balaban J connectivity index is 2.00. The van der Waals surface area contributed by atoms with Crippen LogP contribution in [0.2, 0.25) is 0 Å². The standard InChI is InChI=1S/C16H28O2/c1-14(2)8-6-9-15(3)10-7-13-18-16-11-4-5-12-17-16/h9,16H,1,4-8,10-13H2,2-3H3. The third-order valence-corrected chi connectivity index (χ3v) is 3.22. The van der Waals surface area contributed by atoms with Crippen LogP contribution in [0.3, 0.4) is 0 Å². The lowest BCUT2D eigenvalue weighted by Gasteiger charge is -2.22. The third kappa shape index (κ3) is 7.67. The summed E-state index contributed by atoms with van der Waals surface area (Å²) in [7, 11) is 0. The quantitative estimate of drug-likeness (QED) is 0.464.